The van der Waals surface area contributed by atoms with Gasteiger partial charge in [0.2, 0.25) is 35.4 Å². The lowest BCUT2D eigenvalue weighted by Gasteiger charge is -2.44. The Morgan fingerprint density at radius 2 is 1.65 bits per heavy atom. The zero-order valence-electron chi connectivity index (χ0n) is 41.4. The zero-order valence-corrected chi connectivity index (χ0v) is 41.4. The Bertz CT molecular complexity index is 2370. The molecule has 2 aromatic heterocycles. The summed E-state index contributed by atoms with van der Waals surface area (Å²) in [6, 6.07) is 5.28. The number of fused-ring (bicyclic) bond motifs is 1. The van der Waals surface area contributed by atoms with E-state index in [0.29, 0.717) is 57.0 Å². The normalized spacial score (nSPS) is 24.7. The maximum Gasteiger partial charge on any atom is 0.416 e. The number of alkyl halides is 3. The van der Waals surface area contributed by atoms with Crippen molar-refractivity contribution in [1.82, 2.24) is 50.9 Å². The van der Waals surface area contributed by atoms with Crippen molar-refractivity contribution in [1.29, 1.82) is 0 Å². The monoisotopic (exact) mass is 1010 g/mol. The van der Waals surface area contributed by atoms with Crippen LogP contribution in [0.5, 0.6) is 0 Å². The van der Waals surface area contributed by atoms with Crippen LogP contribution in [0.2, 0.25) is 0 Å². The molecule has 0 radical (unpaired) electrons. The summed E-state index contributed by atoms with van der Waals surface area (Å²) in [6.45, 7) is 5.61. The number of ether oxygens (including phenoxy) is 2. The number of benzene rings is 1. The smallest absolute Gasteiger partial charge is 0.379 e. The van der Waals surface area contributed by atoms with Crippen molar-refractivity contribution in [3.63, 3.8) is 0 Å². The van der Waals surface area contributed by atoms with Gasteiger partial charge >= 0.3 is 6.18 Å². The van der Waals surface area contributed by atoms with Gasteiger partial charge in [-0.25, -0.2) is 9.97 Å². The third-order valence-electron chi connectivity index (χ3n) is 14.7. The number of aromatic nitrogens is 3. The Labute approximate surface area is 417 Å². The second-order valence-electron chi connectivity index (χ2n) is 19.6. The van der Waals surface area contributed by atoms with Crippen LogP contribution in [0.4, 0.5) is 19.0 Å². The number of carbonyl (C=O) groups is 6. The molecule has 1 aromatic carbocycles. The Hall–Kier alpha value is -6.00. The molecule has 3 aromatic rings. The van der Waals surface area contributed by atoms with Crippen LogP contribution in [0.1, 0.15) is 95.2 Å². The molecule has 2 aliphatic carbocycles. The standard InChI is InChI=1S/C50H68F3N11O8/c1-30(2)62(3)35-12-14-41(64-19-15-39(49(64)70)61-46-36-24-33(50(51,52)53)9-13-38(36)57-29-58-46)40(25-35)60-43(66)28-56-47(68)31-7-10-34(11-8-31)59-42(65)16-20-71-22-23-72-21-18-55-48(69)37-26-44(67)63(4)45(37)32-6-5-17-54-27-32/h5-6,9,13,17,24,27,29-31,34-35,37,39-41,45H,7-8,10-12,14-16,18-23,25-26,28H2,1-4H3,(H,55,69)(H,56,68)(H,59,65)(H,60,66)(H,57,58,61)/t31?,34?,35-,37+,39+,40-,41+,45-/m1/s1. The van der Waals surface area contributed by atoms with E-state index in [-0.39, 0.29) is 135 Å². The van der Waals surface area contributed by atoms with E-state index in [1.165, 1.54) is 12.4 Å². The summed E-state index contributed by atoms with van der Waals surface area (Å²) in [6.07, 6.45) is 4.95. The summed E-state index contributed by atoms with van der Waals surface area (Å²) < 4.78 is 51.9. The first-order valence-corrected chi connectivity index (χ1v) is 25.0. The van der Waals surface area contributed by atoms with E-state index < -0.39 is 29.7 Å². The van der Waals surface area contributed by atoms with Crippen molar-refractivity contribution in [3.05, 3.63) is 60.2 Å². The maximum absolute atomic E-state index is 14.0. The third-order valence-corrected chi connectivity index (χ3v) is 14.7. The molecule has 0 spiro atoms. The number of halogens is 3. The van der Waals surface area contributed by atoms with Crippen LogP contribution in [0, 0.1) is 11.8 Å². The fourth-order valence-corrected chi connectivity index (χ4v) is 10.5. The molecular formula is C50H68F3N11O8. The number of amides is 6. The lowest BCUT2D eigenvalue weighted by molar-refractivity contribution is -0.137. The molecule has 0 bridgehead atoms. The largest absolute Gasteiger partial charge is 0.416 e. The number of hydrogen-bond donors (Lipinski definition) is 5. The highest BCUT2D eigenvalue weighted by molar-refractivity contribution is 5.94. The van der Waals surface area contributed by atoms with Gasteiger partial charge in [-0.15, -0.1) is 0 Å². The van der Waals surface area contributed by atoms with E-state index in [1.54, 1.807) is 35.3 Å². The van der Waals surface area contributed by atoms with Crippen LogP contribution < -0.4 is 26.6 Å². The van der Waals surface area contributed by atoms with E-state index in [0.717, 1.165) is 24.1 Å². The third kappa shape index (κ3) is 13.7. The van der Waals surface area contributed by atoms with Gasteiger partial charge in [0.25, 0.3) is 0 Å². The van der Waals surface area contributed by atoms with Crippen LogP contribution >= 0.6 is 0 Å². The fourth-order valence-electron chi connectivity index (χ4n) is 10.5. The molecule has 0 unspecified atom stereocenters. The molecule has 6 atom stereocenters. The minimum atomic E-state index is -4.57. The molecule has 7 rings (SSSR count). The fraction of sp³-hybridized carbons (Fsp3) is 0.620. The minimum Gasteiger partial charge on any atom is -0.379 e. The molecule has 392 valence electrons. The summed E-state index contributed by atoms with van der Waals surface area (Å²) in [5.41, 5.74) is 0.271. The number of carbonyl (C=O) groups excluding carboxylic acids is 6. The number of anilines is 1. The molecule has 2 aliphatic heterocycles. The van der Waals surface area contributed by atoms with Crippen molar-refractivity contribution in [2.24, 2.45) is 11.8 Å². The van der Waals surface area contributed by atoms with Crippen molar-refractivity contribution >= 4 is 52.2 Å². The molecule has 4 heterocycles. The Morgan fingerprint density at radius 3 is 2.38 bits per heavy atom. The second-order valence-corrected chi connectivity index (χ2v) is 19.6. The Kier molecular flexibility index (Phi) is 18.4. The molecule has 72 heavy (non-hydrogen) atoms. The number of nitrogens with zero attached hydrogens (tertiary/aromatic N) is 6. The molecule has 4 fully saturated rings. The molecule has 19 nitrogen and oxygen atoms in total. The molecule has 2 saturated carbocycles. The van der Waals surface area contributed by atoms with E-state index in [2.05, 4.69) is 60.3 Å². The minimum absolute atomic E-state index is 0.0865. The summed E-state index contributed by atoms with van der Waals surface area (Å²) >= 11 is 0. The van der Waals surface area contributed by atoms with Gasteiger partial charge in [0.15, 0.2) is 0 Å². The van der Waals surface area contributed by atoms with Gasteiger partial charge in [0.1, 0.15) is 18.2 Å². The summed E-state index contributed by atoms with van der Waals surface area (Å²) in [7, 11) is 3.73. The van der Waals surface area contributed by atoms with Gasteiger partial charge in [0, 0.05) is 74.8 Å². The highest BCUT2D eigenvalue weighted by Crippen LogP contribution is 2.37. The average molecular weight is 1010 g/mol. The molecule has 22 heteroatoms. The van der Waals surface area contributed by atoms with Gasteiger partial charge in [0.05, 0.1) is 68.1 Å². The van der Waals surface area contributed by atoms with Crippen LogP contribution in [0.25, 0.3) is 10.9 Å². The van der Waals surface area contributed by atoms with Gasteiger partial charge in [-0.3, -0.25) is 33.8 Å². The lowest BCUT2D eigenvalue weighted by atomic mass is 9.84. The van der Waals surface area contributed by atoms with E-state index in [9.17, 15) is 41.9 Å². The molecule has 4 aliphatic rings. The topological polar surface area (TPSA) is 229 Å². The Balaban J connectivity index is 0.785. The van der Waals surface area contributed by atoms with E-state index >= 15 is 0 Å². The number of nitrogens with one attached hydrogen (secondary N) is 5. The molecular weight excluding hydrogens is 940 g/mol. The lowest BCUT2D eigenvalue weighted by Crippen LogP contribution is -2.59. The first-order chi connectivity index (χ1) is 34.5. The van der Waals surface area contributed by atoms with Crippen LogP contribution in [-0.4, -0.2) is 162 Å². The van der Waals surface area contributed by atoms with E-state index in [1.807, 2.05) is 13.1 Å². The summed E-state index contributed by atoms with van der Waals surface area (Å²) in [4.78, 5) is 96.8. The molecule has 6 amide bonds. The van der Waals surface area contributed by atoms with Gasteiger partial charge < -0.3 is 50.8 Å². The van der Waals surface area contributed by atoms with Crippen LogP contribution in [0.15, 0.2) is 49.1 Å². The predicted molar refractivity (Wildman–Crippen MR) is 259 cm³/mol. The van der Waals surface area contributed by atoms with Crippen molar-refractivity contribution in [2.75, 3.05) is 65.5 Å². The maximum atomic E-state index is 14.0. The van der Waals surface area contributed by atoms with Crippen molar-refractivity contribution in [2.45, 2.75) is 127 Å². The zero-order chi connectivity index (χ0) is 51.5. The summed E-state index contributed by atoms with van der Waals surface area (Å²) in [5.74, 6) is -2.02. The first kappa shape index (κ1) is 53.8. The van der Waals surface area contributed by atoms with Crippen LogP contribution in [-0.2, 0) is 44.4 Å². The second kappa shape index (κ2) is 24.6. The average Bonchev–Trinajstić information content (AvgIpc) is 3.88. The highest BCUT2D eigenvalue weighted by Gasteiger charge is 2.45. The highest BCUT2D eigenvalue weighted by atomic mass is 19.4. The number of pyridine rings is 1. The van der Waals surface area contributed by atoms with Gasteiger partial charge in [-0.05, 0) is 102 Å². The van der Waals surface area contributed by atoms with Gasteiger partial charge in [-0.2, -0.15) is 13.2 Å². The molecule has 2 saturated heterocycles. The van der Waals surface area contributed by atoms with E-state index in [4.69, 9.17) is 9.47 Å². The number of likely N-dealkylation sites (tertiary alicyclic amines) is 2. The molecule has 5 N–H and O–H groups in total. The SMILES string of the molecule is CC(C)N(C)[C@@H]1CC[C@H](N2CC[C@H](Nc3ncnc4ccc(C(F)(F)F)cc34)C2=O)[C@H](NC(=O)CNC(=O)C2CCC(NC(=O)CCOCCOCCNC(=O)[C@H]3CC(=O)N(C)[C@@H]3c3cccnc3)CC2)C1. The van der Waals surface area contributed by atoms with Crippen LogP contribution in [0.3, 0.4) is 0 Å². The predicted octanol–water partition coefficient (Wildman–Crippen LogP) is 3.35. The Morgan fingerprint density at radius 1 is 0.889 bits per heavy atom. The number of rotatable bonds is 21. The van der Waals surface area contributed by atoms with Gasteiger partial charge in [-0.1, -0.05) is 6.07 Å². The summed E-state index contributed by atoms with van der Waals surface area (Å²) in [5, 5.41) is 15.1. The quantitative estimate of drug-likeness (QED) is 0.0967. The van der Waals surface area contributed by atoms with Crippen molar-refractivity contribution < 1.29 is 51.4 Å². The number of hydrogen-bond acceptors (Lipinski definition) is 13. The first-order valence-electron chi connectivity index (χ1n) is 25.0. The van der Waals surface area contributed by atoms with Crippen molar-refractivity contribution in [3.8, 4) is 0 Å².